The van der Waals surface area contributed by atoms with Crippen LogP contribution >= 0.6 is 11.8 Å². The Balaban J connectivity index is 1.37. The fraction of sp³-hybridized carbons (Fsp3) is 0.273. The Morgan fingerprint density at radius 2 is 1.82 bits per heavy atom. The number of nitrogens with zero attached hydrogens (tertiary/aromatic N) is 4. The smallest absolute Gasteiger partial charge is 0.255 e. The normalized spacial score (nSPS) is 16.3. The van der Waals surface area contributed by atoms with Crippen LogP contribution in [-0.2, 0) is 11.6 Å². The van der Waals surface area contributed by atoms with Crippen LogP contribution in [0.4, 0.5) is 5.69 Å². The van der Waals surface area contributed by atoms with Crippen molar-refractivity contribution in [3.63, 3.8) is 0 Å². The number of hydrogen-bond donors (Lipinski definition) is 0. The van der Waals surface area contributed by atoms with E-state index >= 15 is 0 Å². The van der Waals surface area contributed by atoms with Crippen molar-refractivity contribution < 1.29 is 4.79 Å². The van der Waals surface area contributed by atoms with Gasteiger partial charge in [0.2, 0.25) is 0 Å². The molecule has 0 bridgehead atoms. The molecule has 0 atom stereocenters. The number of carbonyl (C=O) groups excluding carboxylic acids is 1. The zero-order valence-corrected chi connectivity index (χ0v) is 16.4. The Kier molecular flexibility index (Phi) is 4.56. The van der Waals surface area contributed by atoms with Crippen molar-refractivity contribution in [2.45, 2.75) is 11.6 Å². The lowest BCUT2D eigenvalue weighted by Crippen LogP contribution is -2.48. The van der Waals surface area contributed by atoms with E-state index in [9.17, 15) is 4.79 Å². The zero-order valence-electron chi connectivity index (χ0n) is 15.6. The third kappa shape index (κ3) is 3.07. The summed E-state index contributed by atoms with van der Waals surface area (Å²) in [6.07, 6.45) is 3.66. The second-order valence-corrected chi connectivity index (χ2v) is 8.11. The average molecular weight is 391 g/mol. The van der Waals surface area contributed by atoms with Crippen LogP contribution in [-0.4, -0.2) is 46.5 Å². The number of rotatable bonds is 3. The highest BCUT2D eigenvalue weighted by atomic mass is 32.2. The van der Waals surface area contributed by atoms with Crippen molar-refractivity contribution in [1.82, 2.24) is 14.5 Å². The lowest BCUT2D eigenvalue weighted by atomic mass is 10.1. The van der Waals surface area contributed by atoms with Gasteiger partial charge in [-0.25, -0.2) is 0 Å². The summed E-state index contributed by atoms with van der Waals surface area (Å²) >= 11 is 1.86. The molecule has 2 aromatic heterocycles. The molecule has 28 heavy (non-hydrogen) atoms. The molecule has 1 saturated heterocycles. The summed E-state index contributed by atoms with van der Waals surface area (Å²) in [5.41, 5.74) is 5.41. The van der Waals surface area contributed by atoms with E-state index in [1.165, 1.54) is 5.69 Å². The van der Waals surface area contributed by atoms with E-state index in [1.807, 2.05) is 35.0 Å². The molecule has 1 fully saturated rings. The summed E-state index contributed by atoms with van der Waals surface area (Å²) < 4.78 is 2.27. The highest BCUT2D eigenvalue weighted by molar-refractivity contribution is 7.97. The molecule has 5 nitrogen and oxygen atoms in total. The SMILES string of the molecule is O=C(c1cc(-c2cccnc2)n2c1CSC2)N1CCN(c2ccccc2)CC1. The van der Waals surface area contributed by atoms with Gasteiger partial charge in [-0.05, 0) is 30.3 Å². The first-order valence-corrected chi connectivity index (χ1v) is 10.8. The molecule has 6 heteroatoms. The minimum absolute atomic E-state index is 0.161. The summed E-state index contributed by atoms with van der Waals surface area (Å²) in [5.74, 6) is 1.95. The van der Waals surface area contributed by atoms with Crippen LogP contribution in [0.5, 0.6) is 0 Å². The van der Waals surface area contributed by atoms with Crippen molar-refractivity contribution in [3.8, 4) is 11.3 Å². The van der Waals surface area contributed by atoms with E-state index in [0.29, 0.717) is 0 Å². The van der Waals surface area contributed by atoms with E-state index < -0.39 is 0 Å². The fourth-order valence-corrected chi connectivity index (χ4v) is 5.11. The lowest BCUT2D eigenvalue weighted by Gasteiger charge is -2.36. The van der Waals surface area contributed by atoms with Gasteiger partial charge in [-0.2, -0.15) is 0 Å². The van der Waals surface area contributed by atoms with Gasteiger partial charge in [0, 0.05) is 61.3 Å². The Bertz CT molecular complexity index is 979. The van der Waals surface area contributed by atoms with Gasteiger partial charge in [0.15, 0.2) is 0 Å². The van der Waals surface area contributed by atoms with Crippen molar-refractivity contribution in [2.75, 3.05) is 31.1 Å². The monoisotopic (exact) mass is 390 g/mol. The highest BCUT2D eigenvalue weighted by Gasteiger charge is 2.29. The first kappa shape index (κ1) is 17.4. The van der Waals surface area contributed by atoms with E-state index in [1.54, 1.807) is 6.20 Å². The summed E-state index contributed by atoms with van der Waals surface area (Å²) in [5, 5.41) is 0. The molecule has 0 saturated carbocycles. The first-order chi connectivity index (χ1) is 13.8. The predicted molar refractivity (Wildman–Crippen MR) is 114 cm³/mol. The summed E-state index contributed by atoms with van der Waals surface area (Å²) in [7, 11) is 0. The van der Waals surface area contributed by atoms with Gasteiger partial charge in [-0.1, -0.05) is 18.2 Å². The van der Waals surface area contributed by atoms with Crippen LogP contribution in [0, 0.1) is 0 Å². The molecule has 2 aliphatic heterocycles. The lowest BCUT2D eigenvalue weighted by molar-refractivity contribution is 0.0746. The molecular formula is C22H22N4OS. The number of fused-ring (bicyclic) bond motifs is 1. The second-order valence-electron chi connectivity index (χ2n) is 7.15. The molecule has 142 valence electrons. The summed E-state index contributed by atoms with van der Waals surface area (Å²) in [6, 6.07) is 16.5. The number of aromatic nitrogens is 2. The quantitative estimate of drug-likeness (QED) is 0.684. The maximum atomic E-state index is 13.3. The molecule has 0 radical (unpaired) electrons. The van der Waals surface area contributed by atoms with Crippen molar-refractivity contribution >= 4 is 23.4 Å². The third-order valence-electron chi connectivity index (χ3n) is 5.54. The van der Waals surface area contributed by atoms with Gasteiger partial charge >= 0.3 is 0 Å². The number of piperazine rings is 1. The van der Waals surface area contributed by atoms with E-state index in [-0.39, 0.29) is 5.91 Å². The molecule has 0 aliphatic carbocycles. The number of thioether (sulfide) groups is 1. The number of anilines is 1. The molecule has 0 unspecified atom stereocenters. The van der Waals surface area contributed by atoms with Crippen LogP contribution in [0.15, 0.2) is 60.9 Å². The van der Waals surface area contributed by atoms with Gasteiger partial charge in [0.25, 0.3) is 5.91 Å². The van der Waals surface area contributed by atoms with Gasteiger partial charge < -0.3 is 14.4 Å². The number of pyridine rings is 1. The molecule has 1 amide bonds. The maximum absolute atomic E-state index is 13.3. The highest BCUT2D eigenvalue weighted by Crippen LogP contribution is 2.35. The molecule has 2 aliphatic rings. The Morgan fingerprint density at radius 3 is 2.57 bits per heavy atom. The van der Waals surface area contributed by atoms with E-state index in [4.69, 9.17) is 0 Å². The second kappa shape index (κ2) is 7.36. The molecule has 0 N–H and O–H groups in total. The molecule has 5 rings (SSSR count). The Morgan fingerprint density at radius 1 is 1.00 bits per heavy atom. The number of para-hydroxylation sites is 1. The van der Waals surface area contributed by atoms with Crippen LogP contribution in [0.3, 0.4) is 0 Å². The number of carbonyl (C=O) groups is 1. The largest absolute Gasteiger partial charge is 0.368 e. The van der Waals surface area contributed by atoms with Crippen LogP contribution < -0.4 is 4.90 Å². The van der Waals surface area contributed by atoms with Gasteiger partial charge in [-0.15, -0.1) is 11.8 Å². The third-order valence-corrected chi connectivity index (χ3v) is 6.46. The Hall–Kier alpha value is -2.73. The Labute approximate surface area is 169 Å². The van der Waals surface area contributed by atoms with Crippen LogP contribution in [0.1, 0.15) is 16.1 Å². The van der Waals surface area contributed by atoms with Crippen LogP contribution in [0.2, 0.25) is 0 Å². The average Bonchev–Trinajstić information content (AvgIpc) is 3.38. The molecule has 3 aromatic rings. The molecule has 1 aromatic carbocycles. The first-order valence-electron chi connectivity index (χ1n) is 9.61. The summed E-state index contributed by atoms with van der Waals surface area (Å²) in [4.78, 5) is 21.9. The van der Waals surface area contributed by atoms with Crippen molar-refractivity contribution in [3.05, 3.63) is 72.2 Å². The van der Waals surface area contributed by atoms with Gasteiger partial charge in [0.1, 0.15) is 0 Å². The number of amides is 1. The van der Waals surface area contributed by atoms with Crippen molar-refractivity contribution in [1.29, 1.82) is 0 Å². The standard InChI is InChI=1S/C22H22N4OS/c27-22(25-11-9-24(10-12-25)18-6-2-1-3-7-18)19-13-20(17-5-4-8-23-14-17)26-16-28-15-21(19)26/h1-8,13-14H,9-12,15-16H2. The number of hydrogen-bond acceptors (Lipinski definition) is 4. The molecule has 0 spiro atoms. The van der Waals surface area contributed by atoms with E-state index in [0.717, 1.165) is 60.3 Å². The number of benzene rings is 1. The minimum atomic E-state index is 0.161. The van der Waals surface area contributed by atoms with Crippen LogP contribution in [0.25, 0.3) is 11.3 Å². The maximum Gasteiger partial charge on any atom is 0.255 e. The van der Waals surface area contributed by atoms with E-state index in [2.05, 4.69) is 50.8 Å². The topological polar surface area (TPSA) is 41.4 Å². The zero-order chi connectivity index (χ0) is 18.9. The molecule has 4 heterocycles. The van der Waals surface area contributed by atoms with Gasteiger partial charge in [-0.3, -0.25) is 9.78 Å². The summed E-state index contributed by atoms with van der Waals surface area (Å²) in [6.45, 7) is 3.26. The minimum Gasteiger partial charge on any atom is -0.368 e. The predicted octanol–water partition coefficient (Wildman–Crippen LogP) is 3.72. The van der Waals surface area contributed by atoms with Crippen molar-refractivity contribution in [2.24, 2.45) is 0 Å². The van der Waals surface area contributed by atoms with Gasteiger partial charge in [0.05, 0.1) is 17.1 Å². The molecular weight excluding hydrogens is 368 g/mol. The fourth-order valence-electron chi connectivity index (χ4n) is 4.04.